The number of rotatable bonds is 6. The fourth-order valence-corrected chi connectivity index (χ4v) is 4.32. The molecule has 3 nitrogen and oxygen atoms in total. The van der Waals surface area contributed by atoms with Gasteiger partial charge < -0.3 is 4.90 Å². The number of fused-ring (bicyclic) bond motifs is 1. The van der Waals surface area contributed by atoms with Gasteiger partial charge in [0.1, 0.15) is 17.5 Å². The molecule has 3 aromatic rings. The Morgan fingerprint density at radius 2 is 1.85 bits per heavy atom. The van der Waals surface area contributed by atoms with Gasteiger partial charge in [0.05, 0.1) is 5.56 Å². The minimum absolute atomic E-state index is 0.113. The first-order valence-electron chi connectivity index (χ1n) is 9.10. The second kappa shape index (κ2) is 7.58. The van der Waals surface area contributed by atoms with Crippen molar-refractivity contribution in [2.45, 2.75) is 27.2 Å². The van der Waals surface area contributed by atoms with Crippen molar-refractivity contribution in [2.75, 3.05) is 18.5 Å². The second-order valence-electron chi connectivity index (χ2n) is 7.28. The third-order valence-corrected chi connectivity index (χ3v) is 6.13. The Balaban J connectivity index is 1.79. The fourth-order valence-electron chi connectivity index (χ4n) is 3.07. The van der Waals surface area contributed by atoms with E-state index < -0.39 is 0 Å². The zero-order chi connectivity index (χ0) is 18.8. The molecule has 0 radical (unpaired) electrons. The molecule has 0 fully saturated rings. The van der Waals surface area contributed by atoms with E-state index in [2.05, 4.69) is 65.9 Å². The predicted octanol–water partition coefficient (Wildman–Crippen LogP) is 4.75. The number of aromatic nitrogens is 1. The molecular weight excluding hydrogens is 340 g/mol. The molecule has 136 valence electrons. The molecule has 0 amide bonds. The second-order valence-corrected chi connectivity index (χ2v) is 8.31. The lowest BCUT2D eigenvalue weighted by molar-refractivity contribution is -0.629. The molecule has 0 spiro atoms. The molecule has 4 heteroatoms. The number of hydrogen-bond acceptors (Lipinski definition) is 3. The Morgan fingerprint density at radius 1 is 1.15 bits per heavy atom. The standard InChI is InChI=1S/C22H27N2OS/c1-15(2)20(25)12-13-23(4)18-9-7-17(8-10-18)22-24(5)19-11-6-16(3)14-21(19)26-22/h6-11,14-15H,12-13H2,1-5H3/q+1. The van der Waals surface area contributed by atoms with Crippen molar-refractivity contribution < 1.29 is 9.36 Å². The molecule has 0 bridgehead atoms. The summed E-state index contributed by atoms with van der Waals surface area (Å²) in [7, 11) is 4.17. The van der Waals surface area contributed by atoms with Gasteiger partial charge in [0.25, 0.3) is 5.01 Å². The average Bonchev–Trinajstić information content (AvgIpc) is 2.95. The lowest BCUT2D eigenvalue weighted by Gasteiger charge is -2.19. The Morgan fingerprint density at radius 3 is 2.50 bits per heavy atom. The molecule has 0 N–H and O–H groups in total. The van der Waals surface area contributed by atoms with Crippen LogP contribution in [0.3, 0.4) is 0 Å². The van der Waals surface area contributed by atoms with Crippen molar-refractivity contribution in [3.05, 3.63) is 48.0 Å². The van der Waals surface area contributed by atoms with E-state index in [0.29, 0.717) is 12.2 Å². The molecule has 2 aromatic carbocycles. The molecule has 1 aromatic heterocycles. The summed E-state index contributed by atoms with van der Waals surface area (Å²) in [4.78, 5) is 14.0. The largest absolute Gasteiger partial charge is 0.374 e. The molecule has 0 saturated heterocycles. The van der Waals surface area contributed by atoms with Gasteiger partial charge in [-0.2, -0.15) is 4.57 Å². The van der Waals surface area contributed by atoms with E-state index in [4.69, 9.17) is 0 Å². The van der Waals surface area contributed by atoms with Gasteiger partial charge in [0, 0.05) is 37.7 Å². The van der Waals surface area contributed by atoms with Gasteiger partial charge in [0.15, 0.2) is 0 Å². The van der Waals surface area contributed by atoms with Crippen LogP contribution in [0.15, 0.2) is 42.5 Å². The SMILES string of the molecule is Cc1ccc2c(c1)sc(-c1ccc(N(C)CCC(=O)C(C)C)cc1)[n+]2C. The third kappa shape index (κ3) is 3.80. The quantitative estimate of drug-likeness (QED) is 0.587. The molecule has 0 aliphatic heterocycles. The molecule has 0 aliphatic carbocycles. The summed E-state index contributed by atoms with van der Waals surface area (Å²) >= 11 is 1.83. The first-order valence-corrected chi connectivity index (χ1v) is 9.92. The van der Waals surface area contributed by atoms with Crippen molar-refractivity contribution >= 4 is 33.0 Å². The van der Waals surface area contributed by atoms with E-state index in [9.17, 15) is 4.79 Å². The van der Waals surface area contributed by atoms with Crippen LogP contribution >= 0.6 is 11.3 Å². The minimum atomic E-state index is 0.113. The van der Waals surface area contributed by atoms with E-state index in [1.54, 1.807) is 0 Å². The smallest absolute Gasteiger partial charge is 0.269 e. The molecule has 0 aliphatic rings. The summed E-state index contributed by atoms with van der Waals surface area (Å²) in [6, 6.07) is 15.2. The van der Waals surface area contributed by atoms with E-state index in [-0.39, 0.29) is 5.92 Å². The molecule has 0 atom stereocenters. The number of benzene rings is 2. The predicted molar refractivity (Wildman–Crippen MR) is 111 cm³/mol. The minimum Gasteiger partial charge on any atom is -0.374 e. The van der Waals surface area contributed by atoms with E-state index >= 15 is 0 Å². The van der Waals surface area contributed by atoms with Crippen LogP contribution in [0.25, 0.3) is 20.8 Å². The number of carbonyl (C=O) groups excluding carboxylic acids is 1. The number of Topliss-reactive ketones (excluding diaryl/α,β-unsaturated/α-hetero) is 1. The molecule has 3 rings (SSSR count). The summed E-state index contributed by atoms with van der Waals surface area (Å²) in [5.41, 5.74) is 4.93. The third-order valence-electron chi connectivity index (χ3n) is 4.88. The Hall–Kier alpha value is -2.20. The lowest BCUT2D eigenvalue weighted by Crippen LogP contribution is -2.28. The highest BCUT2D eigenvalue weighted by molar-refractivity contribution is 7.21. The van der Waals surface area contributed by atoms with Crippen LogP contribution in [-0.2, 0) is 11.8 Å². The summed E-state index contributed by atoms with van der Waals surface area (Å²) in [5.74, 6) is 0.434. The van der Waals surface area contributed by atoms with E-state index in [1.165, 1.54) is 26.4 Å². The first kappa shape index (κ1) is 18.6. The summed E-state index contributed by atoms with van der Waals surface area (Å²) in [6.07, 6.45) is 0.598. The maximum Gasteiger partial charge on any atom is 0.269 e. The molecular formula is C22H27N2OS+. The van der Waals surface area contributed by atoms with Crippen molar-refractivity contribution in [3.8, 4) is 10.6 Å². The van der Waals surface area contributed by atoms with Crippen molar-refractivity contribution in [1.29, 1.82) is 0 Å². The fraction of sp³-hybridized carbons (Fsp3) is 0.364. The highest BCUT2D eigenvalue weighted by atomic mass is 32.1. The maximum absolute atomic E-state index is 11.8. The number of nitrogens with zero attached hydrogens (tertiary/aromatic N) is 2. The van der Waals surface area contributed by atoms with Gasteiger partial charge in [0.2, 0.25) is 5.52 Å². The number of carbonyl (C=O) groups is 1. The maximum atomic E-state index is 11.8. The van der Waals surface area contributed by atoms with Gasteiger partial charge in [-0.25, -0.2) is 0 Å². The monoisotopic (exact) mass is 367 g/mol. The normalized spacial score (nSPS) is 11.3. The highest BCUT2D eigenvalue weighted by Crippen LogP contribution is 2.30. The van der Waals surface area contributed by atoms with E-state index in [1.807, 2.05) is 32.2 Å². The number of ketones is 1. The van der Waals surface area contributed by atoms with Crippen molar-refractivity contribution in [3.63, 3.8) is 0 Å². The Labute approximate surface area is 159 Å². The molecule has 26 heavy (non-hydrogen) atoms. The topological polar surface area (TPSA) is 24.2 Å². The summed E-state index contributed by atoms with van der Waals surface area (Å²) in [5, 5.41) is 1.26. The zero-order valence-electron chi connectivity index (χ0n) is 16.2. The van der Waals surface area contributed by atoms with Gasteiger partial charge >= 0.3 is 0 Å². The summed E-state index contributed by atoms with van der Waals surface area (Å²) in [6.45, 7) is 6.81. The average molecular weight is 368 g/mol. The van der Waals surface area contributed by atoms with Gasteiger partial charge in [-0.05, 0) is 42.8 Å². The van der Waals surface area contributed by atoms with Crippen LogP contribution in [0.2, 0.25) is 0 Å². The van der Waals surface area contributed by atoms with Crippen LogP contribution < -0.4 is 9.47 Å². The van der Waals surface area contributed by atoms with E-state index in [0.717, 1.165) is 12.2 Å². The van der Waals surface area contributed by atoms with Crippen molar-refractivity contribution in [2.24, 2.45) is 13.0 Å². The van der Waals surface area contributed by atoms with Crippen LogP contribution in [-0.4, -0.2) is 19.4 Å². The lowest BCUT2D eigenvalue weighted by atomic mass is 10.1. The van der Waals surface area contributed by atoms with Gasteiger partial charge in [-0.3, -0.25) is 4.79 Å². The van der Waals surface area contributed by atoms with Gasteiger partial charge in [-0.1, -0.05) is 31.3 Å². The highest BCUT2D eigenvalue weighted by Gasteiger charge is 2.19. The number of thiazole rings is 1. The molecule has 0 saturated carbocycles. The Kier molecular flexibility index (Phi) is 5.42. The zero-order valence-corrected chi connectivity index (χ0v) is 17.1. The summed E-state index contributed by atoms with van der Waals surface area (Å²) < 4.78 is 3.58. The van der Waals surface area contributed by atoms with Crippen LogP contribution in [0, 0.1) is 12.8 Å². The van der Waals surface area contributed by atoms with Crippen LogP contribution in [0.4, 0.5) is 5.69 Å². The Bertz CT molecular complexity index is 925. The van der Waals surface area contributed by atoms with Crippen molar-refractivity contribution in [1.82, 2.24) is 0 Å². The van der Waals surface area contributed by atoms with Crippen LogP contribution in [0.5, 0.6) is 0 Å². The number of anilines is 1. The first-order chi connectivity index (χ1) is 12.4. The van der Waals surface area contributed by atoms with Crippen LogP contribution in [0.1, 0.15) is 25.8 Å². The molecule has 0 unspecified atom stereocenters. The number of aryl methyl sites for hydroxylation is 2. The molecule has 1 heterocycles. The van der Waals surface area contributed by atoms with Gasteiger partial charge in [-0.15, -0.1) is 0 Å². The number of hydrogen-bond donors (Lipinski definition) is 0.